The fourth-order valence-corrected chi connectivity index (χ4v) is 2.72. The minimum absolute atomic E-state index is 0.0149. The van der Waals surface area contributed by atoms with Gasteiger partial charge < -0.3 is 15.0 Å². The zero-order valence-electron chi connectivity index (χ0n) is 14.9. The number of rotatable bonds is 6. The largest absolute Gasteiger partial charge is 0.484 e. The number of amides is 2. The number of hydrogen-bond donors (Lipinski definition) is 1. The Hall–Kier alpha value is -2.04. The van der Waals surface area contributed by atoms with E-state index in [0.29, 0.717) is 18.8 Å². The van der Waals surface area contributed by atoms with E-state index in [1.807, 2.05) is 38.1 Å². The summed E-state index contributed by atoms with van der Waals surface area (Å²) in [5.74, 6) is 0.821. The summed E-state index contributed by atoms with van der Waals surface area (Å²) in [4.78, 5) is 26.2. The fraction of sp³-hybridized carbons (Fsp3) is 0.579. The Morgan fingerprint density at radius 1 is 1.25 bits per heavy atom. The highest BCUT2D eigenvalue weighted by atomic mass is 16.5. The van der Waals surface area contributed by atoms with Crippen LogP contribution in [0.4, 0.5) is 0 Å². The summed E-state index contributed by atoms with van der Waals surface area (Å²) in [5.41, 5.74) is 1.16. The maximum absolute atomic E-state index is 12.2. The Kier molecular flexibility index (Phi) is 6.64. The highest BCUT2D eigenvalue weighted by Gasteiger charge is 2.27. The van der Waals surface area contributed by atoms with Gasteiger partial charge in [0.15, 0.2) is 6.61 Å². The molecule has 1 aromatic carbocycles. The summed E-state index contributed by atoms with van der Waals surface area (Å²) in [7, 11) is 0. The van der Waals surface area contributed by atoms with Crippen LogP contribution in [0.2, 0.25) is 0 Å². The first-order valence-corrected chi connectivity index (χ1v) is 8.77. The van der Waals surface area contributed by atoms with Crippen LogP contribution in [0.1, 0.15) is 38.7 Å². The van der Waals surface area contributed by atoms with Gasteiger partial charge in [-0.15, -0.1) is 0 Å². The van der Waals surface area contributed by atoms with Crippen molar-refractivity contribution in [2.75, 3.05) is 19.7 Å². The molecule has 1 N–H and O–H groups in total. The predicted octanol–water partition coefficient (Wildman–Crippen LogP) is 2.53. The minimum atomic E-state index is -0.0173. The first-order chi connectivity index (χ1) is 11.5. The highest BCUT2D eigenvalue weighted by molar-refractivity contribution is 5.80. The number of carbonyl (C=O) groups is 2. The van der Waals surface area contributed by atoms with E-state index in [1.165, 1.54) is 0 Å². The van der Waals surface area contributed by atoms with Crippen LogP contribution in [0, 0.1) is 12.8 Å². The molecule has 1 heterocycles. The molecule has 24 heavy (non-hydrogen) atoms. The van der Waals surface area contributed by atoms with E-state index in [-0.39, 0.29) is 30.4 Å². The number of benzene rings is 1. The maximum atomic E-state index is 12.2. The second-order valence-corrected chi connectivity index (χ2v) is 6.57. The molecule has 0 aromatic heterocycles. The first kappa shape index (κ1) is 18.3. The van der Waals surface area contributed by atoms with E-state index in [9.17, 15) is 9.59 Å². The zero-order chi connectivity index (χ0) is 17.5. The smallest absolute Gasteiger partial charge is 0.260 e. The predicted molar refractivity (Wildman–Crippen MR) is 93.9 cm³/mol. The molecule has 5 heteroatoms. The quantitative estimate of drug-likeness (QED) is 0.871. The lowest BCUT2D eigenvalue weighted by Crippen LogP contribution is -2.45. The van der Waals surface area contributed by atoms with Gasteiger partial charge in [0.1, 0.15) is 5.75 Å². The Bertz CT molecular complexity index is 548. The summed E-state index contributed by atoms with van der Waals surface area (Å²) in [6, 6.07) is 7.87. The SMILES string of the molecule is CCC(C)NC(=O)C1CCN(C(=O)COc2ccc(C)cc2)CC1. The third-order valence-corrected chi connectivity index (χ3v) is 4.60. The molecule has 2 amide bonds. The van der Waals surface area contributed by atoms with E-state index in [2.05, 4.69) is 12.2 Å². The number of ether oxygens (including phenoxy) is 1. The standard InChI is InChI=1S/C19H28N2O3/c1-4-15(3)20-19(23)16-9-11-21(12-10-16)18(22)13-24-17-7-5-14(2)6-8-17/h5-8,15-16H,4,9-13H2,1-3H3,(H,20,23). The molecule has 0 saturated carbocycles. The second kappa shape index (κ2) is 8.71. The van der Waals surface area contributed by atoms with Crippen molar-refractivity contribution in [1.82, 2.24) is 10.2 Å². The maximum Gasteiger partial charge on any atom is 0.260 e. The third-order valence-electron chi connectivity index (χ3n) is 4.60. The van der Waals surface area contributed by atoms with Gasteiger partial charge >= 0.3 is 0 Å². The molecule has 2 rings (SSSR count). The Morgan fingerprint density at radius 2 is 1.88 bits per heavy atom. The summed E-state index contributed by atoms with van der Waals surface area (Å²) in [5, 5.41) is 3.03. The van der Waals surface area contributed by atoms with Crippen molar-refractivity contribution < 1.29 is 14.3 Å². The van der Waals surface area contributed by atoms with Crippen LogP contribution >= 0.6 is 0 Å². The number of nitrogens with zero attached hydrogens (tertiary/aromatic N) is 1. The van der Waals surface area contributed by atoms with Gasteiger partial charge in [0.05, 0.1) is 0 Å². The zero-order valence-corrected chi connectivity index (χ0v) is 14.9. The van der Waals surface area contributed by atoms with Crippen molar-refractivity contribution >= 4 is 11.8 Å². The second-order valence-electron chi connectivity index (χ2n) is 6.57. The van der Waals surface area contributed by atoms with Gasteiger partial charge in [-0.25, -0.2) is 0 Å². The van der Waals surface area contributed by atoms with Crippen LogP contribution in [-0.4, -0.2) is 42.5 Å². The van der Waals surface area contributed by atoms with E-state index in [0.717, 1.165) is 24.8 Å². The molecular weight excluding hydrogens is 304 g/mol. The number of likely N-dealkylation sites (tertiary alicyclic amines) is 1. The Morgan fingerprint density at radius 3 is 2.46 bits per heavy atom. The fourth-order valence-electron chi connectivity index (χ4n) is 2.72. The van der Waals surface area contributed by atoms with Crippen LogP contribution < -0.4 is 10.1 Å². The van der Waals surface area contributed by atoms with Gasteiger partial charge in [-0.05, 0) is 45.2 Å². The third kappa shape index (κ3) is 5.25. The average molecular weight is 332 g/mol. The lowest BCUT2D eigenvalue weighted by Gasteiger charge is -2.31. The molecule has 0 bridgehead atoms. The number of aryl methyl sites for hydroxylation is 1. The van der Waals surface area contributed by atoms with Crippen LogP contribution in [0.5, 0.6) is 5.75 Å². The molecule has 1 fully saturated rings. The number of carbonyl (C=O) groups excluding carboxylic acids is 2. The number of piperidine rings is 1. The van der Waals surface area contributed by atoms with E-state index < -0.39 is 0 Å². The van der Waals surface area contributed by atoms with Crippen molar-refractivity contribution in [3.05, 3.63) is 29.8 Å². The molecule has 1 aliphatic heterocycles. The molecule has 1 aliphatic rings. The number of nitrogens with one attached hydrogen (secondary N) is 1. The van der Waals surface area contributed by atoms with E-state index in [1.54, 1.807) is 4.90 Å². The Labute approximate surface area is 144 Å². The molecule has 1 saturated heterocycles. The van der Waals surface area contributed by atoms with Crippen LogP contribution in [0.25, 0.3) is 0 Å². The van der Waals surface area contributed by atoms with E-state index in [4.69, 9.17) is 4.74 Å². The van der Waals surface area contributed by atoms with Gasteiger partial charge in [0.25, 0.3) is 5.91 Å². The number of hydrogen-bond acceptors (Lipinski definition) is 3. The lowest BCUT2D eigenvalue weighted by molar-refractivity contribution is -0.137. The summed E-state index contributed by atoms with van der Waals surface area (Å²) in [6.45, 7) is 7.37. The van der Waals surface area contributed by atoms with Crippen molar-refractivity contribution in [1.29, 1.82) is 0 Å². The molecule has 0 spiro atoms. The summed E-state index contributed by atoms with van der Waals surface area (Å²) in [6.07, 6.45) is 2.37. The Balaban J connectivity index is 1.74. The molecule has 5 nitrogen and oxygen atoms in total. The van der Waals surface area contributed by atoms with Gasteiger partial charge in [0.2, 0.25) is 5.91 Å². The van der Waals surface area contributed by atoms with Crippen LogP contribution in [0.15, 0.2) is 24.3 Å². The first-order valence-electron chi connectivity index (χ1n) is 8.77. The molecule has 0 aliphatic carbocycles. The van der Waals surface area contributed by atoms with Crippen LogP contribution in [-0.2, 0) is 9.59 Å². The van der Waals surface area contributed by atoms with Crippen molar-refractivity contribution in [3.63, 3.8) is 0 Å². The van der Waals surface area contributed by atoms with Gasteiger partial charge in [-0.1, -0.05) is 24.6 Å². The molecule has 1 atom stereocenters. The van der Waals surface area contributed by atoms with Gasteiger partial charge in [-0.3, -0.25) is 9.59 Å². The molecule has 0 radical (unpaired) electrons. The molecule has 1 unspecified atom stereocenters. The van der Waals surface area contributed by atoms with Gasteiger partial charge in [-0.2, -0.15) is 0 Å². The highest BCUT2D eigenvalue weighted by Crippen LogP contribution is 2.18. The molecular formula is C19H28N2O3. The molecule has 132 valence electrons. The minimum Gasteiger partial charge on any atom is -0.484 e. The molecule has 1 aromatic rings. The topological polar surface area (TPSA) is 58.6 Å². The average Bonchev–Trinajstić information content (AvgIpc) is 2.61. The summed E-state index contributed by atoms with van der Waals surface area (Å²) >= 11 is 0. The normalized spacial score (nSPS) is 16.5. The van der Waals surface area contributed by atoms with E-state index >= 15 is 0 Å². The van der Waals surface area contributed by atoms with Crippen molar-refractivity contribution in [3.8, 4) is 5.75 Å². The lowest BCUT2D eigenvalue weighted by atomic mass is 9.95. The summed E-state index contributed by atoms with van der Waals surface area (Å²) < 4.78 is 5.55. The van der Waals surface area contributed by atoms with Crippen LogP contribution in [0.3, 0.4) is 0 Å². The van der Waals surface area contributed by atoms with Gasteiger partial charge in [0, 0.05) is 25.0 Å². The van der Waals surface area contributed by atoms with Crippen molar-refractivity contribution in [2.45, 2.75) is 46.1 Å². The monoisotopic (exact) mass is 332 g/mol. The van der Waals surface area contributed by atoms with Crippen molar-refractivity contribution in [2.24, 2.45) is 5.92 Å².